The molecule has 82 valence electrons. The average Bonchev–Trinajstić information content (AvgIpc) is 2.29. The van der Waals surface area contributed by atoms with Crippen molar-refractivity contribution < 1.29 is 5.11 Å². The predicted molar refractivity (Wildman–Crippen MR) is 66.7 cm³/mol. The SMILES string of the molecule is Cc1ccc([C@@H](O)c2cccc(Cl)c2)cc1. The van der Waals surface area contributed by atoms with Gasteiger partial charge in [0, 0.05) is 5.02 Å². The van der Waals surface area contributed by atoms with Crippen LogP contribution < -0.4 is 0 Å². The summed E-state index contributed by atoms with van der Waals surface area (Å²) in [5.41, 5.74) is 2.88. The highest BCUT2D eigenvalue weighted by Gasteiger charge is 2.09. The van der Waals surface area contributed by atoms with Crippen LogP contribution in [0.5, 0.6) is 0 Å². The number of hydrogen-bond acceptors (Lipinski definition) is 1. The molecule has 1 nitrogen and oxygen atoms in total. The Hall–Kier alpha value is -1.31. The predicted octanol–water partition coefficient (Wildman–Crippen LogP) is 3.73. The summed E-state index contributed by atoms with van der Waals surface area (Å²) < 4.78 is 0. The van der Waals surface area contributed by atoms with E-state index < -0.39 is 6.10 Å². The third-order valence-electron chi connectivity index (χ3n) is 2.56. The van der Waals surface area contributed by atoms with E-state index in [0.717, 1.165) is 11.1 Å². The second-order valence-corrected chi connectivity index (χ2v) is 4.30. The Kier molecular flexibility index (Phi) is 3.28. The van der Waals surface area contributed by atoms with Crippen LogP contribution in [-0.4, -0.2) is 5.11 Å². The molecule has 0 aliphatic heterocycles. The number of aliphatic hydroxyl groups excluding tert-OH is 1. The van der Waals surface area contributed by atoms with E-state index in [4.69, 9.17) is 11.6 Å². The molecule has 0 aliphatic carbocycles. The maximum atomic E-state index is 10.1. The van der Waals surface area contributed by atoms with Crippen LogP contribution in [0, 0.1) is 6.92 Å². The monoisotopic (exact) mass is 232 g/mol. The van der Waals surface area contributed by atoms with Crippen molar-refractivity contribution in [1.29, 1.82) is 0 Å². The molecule has 1 N–H and O–H groups in total. The molecule has 1 atom stereocenters. The second kappa shape index (κ2) is 4.69. The summed E-state index contributed by atoms with van der Waals surface area (Å²) in [6, 6.07) is 15.1. The van der Waals surface area contributed by atoms with Gasteiger partial charge in [0.2, 0.25) is 0 Å². The first kappa shape index (κ1) is 11.2. The lowest BCUT2D eigenvalue weighted by atomic mass is 10.0. The summed E-state index contributed by atoms with van der Waals surface area (Å²) >= 11 is 5.89. The molecule has 0 bridgehead atoms. The van der Waals surface area contributed by atoms with E-state index in [1.807, 2.05) is 43.3 Å². The lowest BCUT2D eigenvalue weighted by molar-refractivity contribution is 0.220. The van der Waals surface area contributed by atoms with Crippen molar-refractivity contribution in [3.05, 3.63) is 70.2 Å². The standard InChI is InChI=1S/C14H13ClO/c1-10-5-7-11(8-6-10)14(16)12-3-2-4-13(15)9-12/h2-9,14,16H,1H3/t14-/m1/s1. The summed E-state index contributed by atoms with van der Waals surface area (Å²) in [6.07, 6.45) is -0.612. The molecule has 0 aromatic heterocycles. The molecular weight excluding hydrogens is 220 g/mol. The van der Waals surface area contributed by atoms with Crippen LogP contribution in [0.1, 0.15) is 22.8 Å². The van der Waals surface area contributed by atoms with Crippen LogP contribution in [-0.2, 0) is 0 Å². The molecule has 0 radical (unpaired) electrons. The molecule has 0 saturated heterocycles. The largest absolute Gasteiger partial charge is 0.384 e. The lowest BCUT2D eigenvalue weighted by Crippen LogP contribution is -1.99. The maximum Gasteiger partial charge on any atom is 0.104 e. The van der Waals surface area contributed by atoms with Gasteiger partial charge >= 0.3 is 0 Å². The molecule has 0 saturated carbocycles. The van der Waals surface area contributed by atoms with Gasteiger partial charge in [-0.05, 0) is 30.2 Å². The summed E-state index contributed by atoms with van der Waals surface area (Å²) in [6.45, 7) is 2.02. The highest BCUT2D eigenvalue weighted by atomic mass is 35.5. The Morgan fingerprint density at radius 1 is 1.00 bits per heavy atom. The number of hydrogen-bond donors (Lipinski definition) is 1. The fourth-order valence-corrected chi connectivity index (χ4v) is 1.82. The van der Waals surface area contributed by atoms with Gasteiger partial charge < -0.3 is 5.11 Å². The number of aliphatic hydroxyl groups is 1. The second-order valence-electron chi connectivity index (χ2n) is 3.87. The zero-order chi connectivity index (χ0) is 11.5. The van der Waals surface area contributed by atoms with Crippen molar-refractivity contribution in [2.45, 2.75) is 13.0 Å². The zero-order valence-electron chi connectivity index (χ0n) is 9.02. The van der Waals surface area contributed by atoms with Crippen molar-refractivity contribution in [2.24, 2.45) is 0 Å². The molecule has 0 spiro atoms. The van der Waals surface area contributed by atoms with Crippen LogP contribution in [0.25, 0.3) is 0 Å². The minimum Gasteiger partial charge on any atom is -0.384 e. The molecule has 0 unspecified atom stereocenters. The van der Waals surface area contributed by atoms with Crippen LogP contribution >= 0.6 is 11.6 Å². The van der Waals surface area contributed by atoms with Gasteiger partial charge in [-0.1, -0.05) is 53.6 Å². The van der Waals surface area contributed by atoms with Crippen LogP contribution in [0.15, 0.2) is 48.5 Å². The van der Waals surface area contributed by atoms with Gasteiger partial charge in [-0.25, -0.2) is 0 Å². The highest BCUT2D eigenvalue weighted by molar-refractivity contribution is 6.30. The Bertz CT molecular complexity index is 476. The molecule has 2 aromatic rings. The van der Waals surface area contributed by atoms with E-state index >= 15 is 0 Å². The molecule has 0 fully saturated rings. The quantitative estimate of drug-likeness (QED) is 0.837. The van der Waals surface area contributed by atoms with Crippen LogP contribution in [0.3, 0.4) is 0 Å². The van der Waals surface area contributed by atoms with Crippen LogP contribution in [0.2, 0.25) is 5.02 Å². The molecule has 0 heterocycles. The van der Waals surface area contributed by atoms with Gasteiger partial charge in [0.15, 0.2) is 0 Å². The summed E-state index contributed by atoms with van der Waals surface area (Å²) in [4.78, 5) is 0. The van der Waals surface area contributed by atoms with Gasteiger partial charge in [0.25, 0.3) is 0 Å². The normalized spacial score (nSPS) is 12.4. The van der Waals surface area contributed by atoms with Crippen molar-refractivity contribution in [2.75, 3.05) is 0 Å². The van der Waals surface area contributed by atoms with Gasteiger partial charge in [0.1, 0.15) is 6.10 Å². The fraction of sp³-hybridized carbons (Fsp3) is 0.143. The van der Waals surface area contributed by atoms with Gasteiger partial charge in [-0.3, -0.25) is 0 Å². The van der Waals surface area contributed by atoms with E-state index in [2.05, 4.69) is 0 Å². The third kappa shape index (κ3) is 2.43. The Morgan fingerprint density at radius 2 is 1.69 bits per heavy atom. The smallest absolute Gasteiger partial charge is 0.104 e. The van der Waals surface area contributed by atoms with Crippen molar-refractivity contribution in [3.8, 4) is 0 Å². The molecule has 2 rings (SSSR count). The maximum absolute atomic E-state index is 10.1. The molecule has 2 aromatic carbocycles. The molecule has 0 amide bonds. The molecular formula is C14H13ClO. The Morgan fingerprint density at radius 3 is 2.31 bits per heavy atom. The summed E-state index contributed by atoms with van der Waals surface area (Å²) in [5, 5.41) is 10.8. The van der Waals surface area contributed by atoms with E-state index in [1.54, 1.807) is 12.1 Å². The number of benzene rings is 2. The van der Waals surface area contributed by atoms with E-state index in [-0.39, 0.29) is 0 Å². The summed E-state index contributed by atoms with van der Waals surface area (Å²) in [5.74, 6) is 0. The average molecular weight is 233 g/mol. The van der Waals surface area contributed by atoms with E-state index in [0.29, 0.717) is 5.02 Å². The first-order chi connectivity index (χ1) is 7.66. The number of aryl methyl sites for hydroxylation is 1. The topological polar surface area (TPSA) is 20.2 Å². The van der Waals surface area contributed by atoms with Crippen molar-refractivity contribution in [3.63, 3.8) is 0 Å². The Balaban J connectivity index is 2.31. The zero-order valence-corrected chi connectivity index (χ0v) is 9.78. The van der Waals surface area contributed by atoms with Crippen molar-refractivity contribution >= 4 is 11.6 Å². The van der Waals surface area contributed by atoms with Gasteiger partial charge in [-0.15, -0.1) is 0 Å². The fourth-order valence-electron chi connectivity index (χ4n) is 1.62. The van der Waals surface area contributed by atoms with Crippen molar-refractivity contribution in [1.82, 2.24) is 0 Å². The molecule has 2 heteroatoms. The minimum atomic E-state index is -0.612. The molecule has 0 aliphatic rings. The van der Waals surface area contributed by atoms with Crippen LogP contribution in [0.4, 0.5) is 0 Å². The first-order valence-corrected chi connectivity index (χ1v) is 5.55. The van der Waals surface area contributed by atoms with Gasteiger partial charge in [-0.2, -0.15) is 0 Å². The third-order valence-corrected chi connectivity index (χ3v) is 2.79. The lowest BCUT2D eigenvalue weighted by Gasteiger charge is -2.11. The number of halogens is 1. The van der Waals surface area contributed by atoms with E-state index in [1.165, 1.54) is 5.56 Å². The van der Waals surface area contributed by atoms with E-state index in [9.17, 15) is 5.11 Å². The Labute approximate surface area is 100 Å². The first-order valence-electron chi connectivity index (χ1n) is 5.17. The van der Waals surface area contributed by atoms with Gasteiger partial charge in [0.05, 0.1) is 0 Å². The number of rotatable bonds is 2. The summed E-state index contributed by atoms with van der Waals surface area (Å²) in [7, 11) is 0. The molecule has 16 heavy (non-hydrogen) atoms. The minimum absolute atomic E-state index is 0.612. The highest BCUT2D eigenvalue weighted by Crippen LogP contribution is 2.24.